The minimum Gasteiger partial charge on any atom is -0.497 e. The largest absolute Gasteiger partial charge is 0.497 e. The van der Waals surface area contributed by atoms with Crippen LogP contribution in [-0.2, 0) is 0 Å². The summed E-state index contributed by atoms with van der Waals surface area (Å²) in [6.45, 7) is 0. The molecule has 0 spiro atoms. The summed E-state index contributed by atoms with van der Waals surface area (Å²) in [7, 11) is 3.16. The Morgan fingerprint density at radius 1 is 0.500 bits per heavy atom. The summed E-state index contributed by atoms with van der Waals surface area (Å²) in [5, 5.41) is 2.21. The Bertz CT molecular complexity index is 1740. The van der Waals surface area contributed by atoms with Gasteiger partial charge in [-0.15, -0.1) is 0 Å². The van der Waals surface area contributed by atoms with Gasteiger partial charge in [0.25, 0.3) is 0 Å². The van der Waals surface area contributed by atoms with E-state index in [0.29, 0.717) is 44.1 Å². The average molecular weight is 448 g/mol. The van der Waals surface area contributed by atoms with Gasteiger partial charge in [0.15, 0.2) is 10.9 Å². The summed E-state index contributed by atoms with van der Waals surface area (Å²) in [6, 6.07) is 26.0. The molecule has 2 aromatic heterocycles. The molecule has 2 heterocycles. The van der Waals surface area contributed by atoms with Crippen LogP contribution in [-0.4, -0.2) is 23.6 Å². The Labute approximate surface area is 193 Å². The van der Waals surface area contributed by atoms with Crippen molar-refractivity contribution in [1.82, 2.24) is 9.35 Å². The number of ether oxygens (including phenoxy) is 2. The molecule has 6 nitrogen and oxygen atoms in total. The molecule has 0 saturated heterocycles. The van der Waals surface area contributed by atoms with E-state index in [4.69, 9.17) is 9.47 Å². The van der Waals surface area contributed by atoms with Crippen molar-refractivity contribution in [3.63, 3.8) is 0 Å². The van der Waals surface area contributed by atoms with Crippen LogP contribution in [0.25, 0.3) is 43.6 Å². The molecule has 166 valence electrons. The fourth-order valence-electron chi connectivity index (χ4n) is 4.70. The van der Waals surface area contributed by atoms with Crippen molar-refractivity contribution in [1.29, 1.82) is 0 Å². The van der Waals surface area contributed by atoms with E-state index in [9.17, 15) is 9.59 Å². The van der Waals surface area contributed by atoms with E-state index in [1.165, 1.54) is 0 Å². The molecule has 6 heteroatoms. The molecule has 0 radical (unpaired) electrons. The van der Waals surface area contributed by atoms with Crippen LogP contribution in [0, 0.1) is 0 Å². The highest BCUT2D eigenvalue weighted by atomic mass is 16.5. The van der Waals surface area contributed by atoms with Crippen molar-refractivity contribution >= 4 is 43.6 Å². The highest BCUT2D eigenvalue weighted by Crippen LogP contribution is 2.28. The Balaban J connectivity index is 1.93. The van der Waals surface area contributed by atoms with Crippen LogP contribution in [0.5, 0.6) is 11.5 Å². The number of rotatable bonds is 3. The lowest BCUT2D eigenvalue weighted by Crippen LogP contribution is -2.21. The van der Waals surface area contributed by atoms with Crippen LogP contribution < -0.4 is 20.3 Å². The van der Waals surface area contributed by atoms with Gasteiger partial charge in [0.05, 0.1) is 47.1 Å². The zero-order valence-corrected chi connectivity index (χ0v) is 18.6. The standard InChI is InChI=1S/C28H20N2O4/c1-33-17-11-13-25-21(15-17)27(31)19-7-3-5-9-23(19)29(25)30-24-10-6-4-8-20(24)28(32)22-16-18(34-2)12-14-26(22)30/h3-16H,1-2H3. The first-order valence-electron chi connectivity index (χ1n) is 10.9. The van der Waals surface area contributed by atoms with Gasteiger partial charge in [-0.25, -0.2) is 9.35 Å². The van der Waals surface area contributed by atoms with Gasteiger partial charge in [0.2, 0.25) is 0 Å². The van der Waals surface area contributed by atoms with Crippen molar-refractivity contribution < 1.29 is 9.47 Å². The fourth-order valence-corrected chi connectivity index (χ4v) is 4.70. The molecule has 4 aromatic carbocycles. The van der Waals surface area contributed by atoms with E-state index >= 15 is 0 Å². The molecule has 0 amide bonds. The smallest absolute Gasteiger partial charge is 0.197 e. The van der Waals surface area contributed by atoms with E-state index in [1.54, 1.807) is 26.4 Å². The van der Waals surface area contributed by atoms with Gasteiger partial charge < -0.3 is 9.47 Å². The number of hydrogen-bond acceptors (Lipinski definition) is 4. The number of hydrogen-bond donors (Lipinski definition) is 0. The van der Waals surface area contributed by atoms with E-state index in [1.807, 2.05) is 82.1 Å². The molecule has 0 saturated carbocycles. The first-order valence-corrected chi connectivity index (χ1v) is 10.9. The van der Waals surface area contributed by atoms with Crippen molar-refractivity contribution in [3.05, 3.63) is 105 Å². The predicted molar refractivity (Wildman–Crippen MR) is 135 cm³/mol. The van der Waals surface area contributed by atoms with E-state index in [-0.39, 0.29) is 10.9 Å². The summed E-state index contributed by atoms with van der Waals surface area (Å²) < 4.78 is 14.8. The minimum absolute atomic E-state index is 0.0722. The van der Waals surface area contributed by atoms with Crippen LogP contribution in [0.15, 0.2) is 94.5 Å². The van der Waals surface area contributed by atoms with E-state index in [2.05, 4.69) is 0 Å². The third-order valence-corrected chi connectivity index (χ3v) is 6.31. The van der Waals surface area contributed by atoms with Crippen molar-refractivity contribution in [2.24, 2.45) is 0 Å². The third kappa shape index (κ3) is 2.75. The SMILES string of the molecule is COc1ccc2c(c1)c(=O)c1ccccc1n2-n1c2ccccc2c(=O)c2cc(OC)ccc21. The first kappa shape index (κ1) is 20.1. The van der Waals surface area contributed by atoms with Crippen LogP contribution in [0.1, 0.15) is 0 Å². The Morgan fingerprint density at radius 2 is 0.882 bits per heavy atom. The maximum atomic E-state index is 13.5. The molecule has 0 unspecified atom stereocenters. The molecule has 0 aliphatic carbocycles. The zero-order valence-electron chi connectivity index (χ0n) is 18.6. The normalized spacial score (nSPS) is 11.5. The molecule has 34 heavy (non-hydrogen) atoms. The Kier molecular flexibility index (Phi) is 4.42. The quantitative estimate of drug-likeness (QED) is 0.360. The molecule has 6 aromatic rings. The first-order chi connectivity index (χ1) is 16.6. The van der Waals surface area contributed by atoms with E-state index in [0.717, 1.165) is 11.0 Å². The van der Waals surface area contributed by atoms with Gasteiger partial charge >= 0.3 is 0 Å². The van der Waals surface area contributed by atoms with Gasteiger partial charge in [-0.3, -0.25) is 9.59 Å². The zero-order chi connectivity index (χ0) is 23.4. The van der Waals surface area contributed by atoms with Gasteiger partial charge in [-0.05, 0) is 60.7 Å². The van der Waals surface area contributed by atoms with Gasteiger partial charge in [0, 0.05) is 10.8 Å². The number of methoxy groups -OCH3 is 2. The second-order valence-electron chi connectivity index (χ2n) is 8.08. The number of pyridine rings is 2. The summed E-state index contributed by atoms with van der Waals surface area (Å²) in [4.78, 5) is 26.9. The molecule has 6 rings (SSSR count). The van der Waals surface area contributed by atoms with Crippen LogP contribution in [0.4, 0.5) is 0 Å². The lowest BCUT2D eigenvalue weighted by molar-refractivity contribution is 0.415. The number of nitrogens with zero attached hydrogens (tertiary/aromatic N) is 2. The molecule has 0 aliphatic heterocycles. The molecule has 0 fully saturated rings. The van der Waals surface area contributed by atoms with Gasteiger partial charge in [-0.2, -0.15) is 0 Å². The summed E-state index contributed by atoms with van der Waals surface area (Å²) >= 11 is 0. The highest BCUT2D eigenvalue weighted by Gasteiger charge is 2.18. The average Bonchev–Trinajstić information content (AvgIpc) is 2.90. The summed E-state index contributed by atoms with van der Waals surface area (Å²) in [5.41, 5.74) is 2.73. The lowest BCUT2D eigenvalue weighted by atomic mass is 10.1. The van der Waals surface area contributed by atoms with Crippen molar-refractivity contribution in [2.75, 3.05) is 14.2 Å². The monoisotopic (exact) mass is 448 g/mol. The Hall–Kier alpha value is -4.58. The molecular formula is C28H20N2O4. The van der Waals surface area contributed by atoms with Gasteiger partial charge in [0.1, 0.15) is 11.5 Å². The topological polar surface area (TPSA) is 62.5 Å². The summed E-state index contributed by atoms with van der Waals surface area (Å²) in [6.07, 6.45) is 0. The highest BCUT2D eigenvalue weighted by molar-refractivity contribution is 5.98. The number of fused-ring (bicyclic) bond motifs is 4. The summed E-state index contributed by atoms with van der Waals surface area (Å²) in [5.74, 6) is 1.21. The predicted octanol–water partition coefficient (Wildman–Crippen LogP) is 4.95. The van der Waals surface area contributed by atoms with E-state index < -0.39 is 0 Å². The number of benzene rings is 4. The minimum atomic E-state index is -0.0722. The molecule has 0 atom stereocenters. The second-order valence-corrected chi connectivity index (χ2v) is 8.08. The molecular weight excluding hydrogens is 428 g/mol. The maximum Gasteiger partial charge on any atom is 0.197 e. The van der Waals surface area contributed by atoms with Crippen LogP contribution in [0.3, 0.4) is 0 Å². The van der Waals surface area contributed by atoms with Crippen molar-refractivity contribution in [2.45, 2.75) is 0 Å². The third-order valence-electron chi connectivity index (χ3n) is 6.31. The molecule has 0 aliphatic rings. The molecule has 0 N–H and O–H groups in total. The van der Waals surface area contributed by atoms with Crippen LogP contribution >= 0.6 is 0 Å². The number of para-hydroxylation sites is 2. The van der Waals surface area contributed by atoms with Crippen LogP contribution in [0.2, 0.25) is 0 Å². The van der Waals surface area contributed by atoms with Crippen molar-refractivity contribution in [3.8, 4) is 11.5 Å². The van der Waals surface area contributed by atoms with Gasteiger partial charge in [-0.1, -0.05) is 24.3 Å². The lowest BCUT2D eigenvalue weighted by Gasteiger charge is -2.22. The number of aromatic nitrogens is 2. The molecule has 0 bridgehead atoms. The maximum absolute atomic E-state index is 13.5. The Morgan fingerprint density at radius 3 is 1.29 bits per heavy atom. The second kappa shape index (κ2) is 7.49. The fraction of sp³-hybridized carbons (Fsp3) is 0.0714.